The van der Waals surface area contributed by atoms with E-state index in [0.29, 0.717) is 6.54 Å². The fraction of sp³-hybridized carbons (Fsp3) is 0.278. The molecule has 4 nitrogen and oxygen atoms in total. The largest absolute Gasteiger partial charge is 0.380 e. The first-order valence-electron chi connectivity index (χ1n) is 7.35. The quantitative estimate of drug-likeness (QED) is 0.925. The van der Waals surface area contributed by atoms with Crippen molar-refractivity contribution in [3.63, 3.8) is 0 Å². The van der Waals surface area contributed by atoms with Crippen LogP contribution >= 0.6 is 0 Å². The summed E-state index contributed by atoms with van der Waals surface area (Å²) in [4.78, 5) is 13.8. The molecule has 0 aromatic heterocycles. The number of benzene rings is 2. The van der Waals surface area contributed by atoms with Crippen LogP contribution in [0.5, 0.6) is 0 Å². The number of carbonyl (C=O) groups excluding carboxylic acids is 1. The van der Waals surface area contributed by atoms with Crippen molar-refractivity contribution in [3.8, 4) is 0 Å². The molecule has 4 heteroatoms. The highest BCUT2D eigenvalue weighted by Gasteiger charge is 2.37. The van der Waals surface area contributed by atoms with Crippen LogP contribution in [0.4, 0.5) is 0 Å². The molecule has 2 aromatic rings. The molecular formula is C18H19NO3. The number of ether oxygens (including phenoxy) is 1. The van der Waals surface area contributed by atoms with Crippen molar-refractivity contribution in [1.29, 1.82) is 0 Å². The van der Waals surface area contributed by atoms with Gasteiger partial charge in [0.05, 0.1) is 6.54 Å². The van der Waals surface area contributed by atoms with Gasteiger partial charge in [-0.05, 0) is 11.1 Å². The first-order chi connectivity index (χ1) is 10.7. The second-order valence-corrected chi connectivity index (χ2v) is 5.53. The fourth-order valence-electron chi connectivity index (χ4n) is 2.74. The molecule has 22 heavy (non-hydrogen) atoms. The molecule has 2 aromatic carbocycles. The summed E-state index contributed by atoms with van der Waals surface area (Å²) in [6.45, 7) is 0.420. The summed E-state index contributed by atoms with van der Waals surface area (Å²) in [5, 5.41) is 10.4. The van der Waals surface area contributed by atoms with E-state index in [2.05, 4.69) is 0 Å². The summed E-state index contributed by atoms with van der Waals surface area (Å²) in [6.07, 6.45) is -2.12. The van der Waals surface area contributed by atoms with Crippen LogP contribution in [0, 0.1) is 0 Å². The maximum atomic E-state index is 12.3. The highest BCUT2D eigenvalue weighted by atomic mass is 16.5. The van der Waals surface area contributed by atoms with Gasteiger partial charge in [0.25, 0.3) is 5.91 Å². The lowest BCUT2D eigenvalue weighted by Gasteiger charge is -2.23. The number of nitrogens with zero attached hydrogens (tertiary/aromatic N) is 1. The monoisotopic (exact) mass is 297 g/mol. The van der Waals surface area contributed by atoms with Gasteiger partial charge in [0.1, 0.15) is 12.2 Å². The number of aliphatic hydroxyl groups excluding tert-OH is 1. The minimum Gasteiger partial charge on any atom is -0.380 e. The lowest BCUT2D eigenvalue weighted by Crippen LogP contribution is -2.37. The Bertz CT molecular complexity index is 629. The van der Waals surface area contributed by atoms with Crippen molar-refractivity contribution in [3.05, 3.63) is 71.8 Å². The van der Waals surface area contributed by atoms with E-state index in [4.69, 9.17) is 4.74 Å². The first kappa shape index (κ1) is 14.8. The lowest BCUT2D eigenvalue weighted by atomic mass is 10.0. The first-order valence-corrected chi connectivity index (χ1v) is 7.35. The molecule has 1 fully saturated rings. The zero-order chi connectivity index (χ0) is 15.5. The third-order valence-corrected chi connectivity index (χ3v) is 3.97. The highest BCUT2D eigenvalue weighted by Crippen LogP contribution is 2.33. The minimum absolute atomic E-state index is 0.266. The van der Waals surface area contributed by atoms with Crippen molar-refractivity contribution in [2.24, 2.45) is 0 Å². The van der Waals surface area contributed by atoms with Gasteiger partial charge in [0, 0.05) is 7.05 Å². The number of hydrogen-bond acceptors (Lipinski definition) is 3. The van der Waals surface area contributed by atoms with Crippen LogP contribution in [0.3, 0.4) is 0 Å². The van der Waals surface area contributed by atoms with E-state index >= 15 is 0 Å². The Hall–Kier alpha value is -2.17. The van der Waals surface area contributed by atoms with Gasteiger partial charge in [0.15, 0.2) is 6.10 Å². The van der Waals surface area contributed by atoms with E-state index in [1.165, 1.54) is 4.90 Å². The average molecular weight is 297 g/mol. The molecule has 0 radical (unpaired) electrons. The Morgan fingerprint density at radius 2 is 1.55 bits per heavy atom. The topological polar surface area (TPSA) is 49.8 Å². The van der Waals surface area contributed by atoms with Crippen molar-refractivity contribution in [1.82, 2.24) is 4.90 Å². The van der Waals surface area contributed by atoms with Crippen molar-refractivity contribution in [2.75, 3.05) is 13.6 Å². The number of aliphatic hydroxyl groups is 1. The zero-order valence-corrected chi connectivity index (χ0v) is 12.4. The standard InChI is InChI=1S/C18H19NO3/c1-19-12-15(13-8-4-2-5-9-13)22-17(16(20)18(19)21)14-10-6-3-7-11-14/h2-11,15-17,20H,12H2,1H3/t15-,16+,17-/m1/s1. The number of amides is 1. The Balaban J connectivity index is 1.96. The van der Waals surface area contributed by atoms with E-state index in [-0.39, 0.29) is 12.0 Å². The molecule has 1 N–H and O–H groups in total. The Morgan fingerprint density at radius 1 is 1.00 bits per heavy atom. The van der Waals surface area contributed by atoms with Gasteiger partial charge < -0.3 is 14.7 Å². The van der Waals surface area contributed by atoms with Crippen LogP contribution in [0.1, 0.15) is 23.3 Å². The third-order valence-electron chi connectivity index (χ3n) is 3.97. The summed E-state index contributed by atoms with van der Waals surface area (Å²) in [5.74, 6) is -0.313. The maximum absolute atomic E-state index is 12.3. The number of likely N-dealkylation sites (N-methyl/N-ethyl adjacent to an activating group) is 1. The van der Waals surface area contributed by atoms with E-state index in [1.807, 2.05) is 60.7 Å². The molecule has 1 heterocycles. The van der Waals surface area contributed by atoms with Gasteiger partial charge in [-0.1, -0.05) is 60.7 Å². The van der Waals surface area contributed by atoms with Gasteiger partial charge in [-0.15, -0.1) is 0 Å². The van der Waals surface area contributed by atoms with E-state index in [0.717, 1.165) is 11.1 Å². The summed E-state index contributed by atoms with van der Waals surface area (Å²) in [6, 6.07) is 19.2. The summed E-state index contributed by atoms with van der Waals surface area (Å²) < 4.78 is 6.12. The molecule has 1 amide bonds. The minimum atomic E-state index is -1.19. The van der Waals surface area contributed by atoms with Crippen LogP contribution in [-0.2, 0) is 9.53 Å². The van der Waals surface area contributed by atoms with E-state index < -0.39 is 12.2 Å². The Kier molecular flexibility index (Phi) is 4.22. The molecule has 0 saturated carbocycles. The molecule has 3 atom stereocenters. The SMILES string of the molecule is CN1C[C@H](c2ccccc2)O[C@H](c2ccccc2)[C@H](O)C1=O. The van der Waals surface area contributed by atoms with Crippen molar-refractivity contribution in [2.45, 2.75) is 18.3 Å². The predicted molar refractivity (Wildman–Crippen MR) is 83.1 cm³/mol. The second kappa shape index (κ2) is 6.30. The summed E-state index contributed by atoms with van der Waals surface area (Å²) >= 11 is 0. The molecular weight excluding hydrogens is 278 g/mol. The van der Waals surface area contributed by atoms with Gasteiger partial charge in [-0.25, -0.2) is 0 Å². The molecule has 3 rings (SSSR count). The molecule has 114 valence electrons. The van der Waals surface area contributed by atoms with Crippen molar-refractivity contribution < 1.29 is 14.6 Å². The van der Waals surface area contributed by atoms with Crippen LogP contribution in [0.15, 0.2) is 60.7 Å². The van der Waals surface area contributed by atoms with E-state index in [9.17, 15) is 9.90 Å². The molecule has 1 aliphatic heterocycles. The third kappa shape index (κ3) is 2.89. The average Bonchev–Trinajstić information content (AvgIpc) is 2.68. The van der Waals surface area contributed by atoms with E-state index in [1.54, 1.807) is 7.05 Å². The highest BCUT2D eigenvalue weighted by molar-refractivity contribution is 5.81. The molecule has 0 unspecified atom stereocenters. The number of hydrogen-bond donors (Lipinski definition) is 1. The molecule has 0 spiro atoms. The predicted octanol–water partition coefficient (Wildman–Crippen LogP) is 2.32. The number of rotatable bonds is 2. The number of carbonyl (C=O) groups is 1. The normalized spacial score (nSPS) is 25.8. The smallest absolute Gasteiger partial charge is 0.254 e. The Labute approximate surface area is 130 Å². The van der Waals surface area contributed by atoms with Gasteiger partial charge >= 0.3 is 0 Å². The Morgan fingerprint density at radius 3 is 2.14 bits per heavy atom. The molecule has 1 saturated heterocycles. The zero-order valence-electron chi connectivity index (χ0n) is 12.4. The molecule has 0 aliphatic carbocycles. The fourth-order valence-corrected chi connectivity index (χ4v) is 2.74. The van der Waals surface area contributed by atoms with Crippen LogP contribution in [-0.4, -0.2) is 35.6 Å². The summed E-state index contributed by atoms with van der Waals surface area (Å²) in [5.41, 5.74) is 1.80. The van der Waals surface area contributed by atoms with Gasteiger partial charge in [-0.2, -0.15) is 0 Å². The summed E-state index contributed by atoms with van der Waals surface area (Å²) in [7, 11) is 1.69. The lowest BCUT2D eigenvalue weighted by molar-refractivity contribution is -0.142. The second-order valence-electron chi connectivity index (χ2n) is 5.53. The van der Waals surface area contributed by atoms with Gasteiger partial charge in [-0.3, -0.25) is 4.79 Å². The maximum Gasteiger partial charge on any atom is 0.254 e. The van der Waals surface area contributed by atoms with Crippen LogP contribution < -0.4 is 0 Å². The van der Waals surface area contributed by atoms with Crippen LogP contribution in [0.2, 0.25) is 0 Å². The van der Waals surface area contributed by atoms with Crippen LogP contribution in [0.25, 0.3) is 0 Å². The molecule has 0 bridgehead atoms. The molecule has 1 aliphatic rings. The van der Waals surface area contributed by atoms with Gasteiger partial charge in [0.2, 0.25) is 0 Å². The van der Waals surface area contributed by atoms with Crippen molar-refractivity contribution >= 4 is 5.91 Å².